The Bertz CT molecular complexity index is 363. The van der Waals surface area contributed by atoms with Crippen LogP contribution in [-0.4, -0.2) is 43.4 Å². The summed E-state index contributed by atoms with van der Waals surface area (Å²) in [5, 5.41) is 0. The van der Waals surface area contributed by atoms with Gasteiger partial charge in [0.1, 0.15) is 0 Å². The first-order valence-electron chi connectivity index (χ1n) is 5.63. The average molecular weight is 222 g/mol. The van der Waals surface area contributed by atoms with Gasteiger partial charge in [-0.1, -0.05) is 0 Å². The molecule has 1 aliphatic rings. The summed E-state index contributed by atoms with van der Waals surface area (Å²) in [4.78, 5) is 15.1. The Hall–Kier alpha value is -1.29. The van der Waals surface area contributed by atoms with E-state index in [9.17, 15) is 4.79 Å². The van der Waals surface area contributed by atoms with Crippen molar-refractivity contribution < 1.29 is 9.21 Å². The number of hydrogen-bond donors (Lipinski definition) is 0. The summed E-state index contributed by atoms with van der Waals surface area (Å²) in [7, 11) is 2.14. The van der Waals surface area contributed by atoms with Crippen LogP contribution in [0.5, 0.6) is 0 Å². The van der Waals surface area contributed by atoms with Crippen LogP contribution in [0.4, 0.5) is 5.88 Å². The molecule has 1 saturated heterocycles. The molecule has 2 rings (SSSR count). The smallest absolute Gasteiger partial charge is 0.196 e. The van der Waals surface area contributed by atoms with E-state index in [4.69, 9.17) is 4.42 Å². The molecule has 2 heterocycles. The second-order valence-electron chi connectivity index (χ2n) is 4.56. The van der Waals surface area contributed by atoms with Crippen LogP contribution in [0.1, 0.15) is 24.4 Å². The maximum atomic E-state index is 10.6. The summed E-state index contributed by atoms with van der Waals surface area (Å²) in [5.74, 6) is 1.20. The van der Waals surface area contributed by atoms with Crippen LogP contribution in [0.2, 0.25) is 0 Å². The highest BCUT2D eigenvalue weighted by Gasteiger charge is 2.27. The van der Waals surface area contributed by atoms with Crippen molar-refractivity contribution in [2.45, 2.75) is 25.9 Å². The number of piperazine rings is 1. The van der Waals surface area contributed by atoms with Crippen molar-refractivity contribution in [3.63, 3.8) is 0 Å². The Balaban J connectivity index is 2.13. The number of aldehydes is 1. The standard InChI is InChI=1S/C12H18N2O2/c1-9-6-14(7-10(2)13(9)3)12-5-4-11(8-15)16-12/h4-5,8-10H,6-7H2,1-3H3. The largest absolute Gasteiger partial charge is 0.438 e. The van der Waals surface area contributed by atoms with Gasteiger partial charge in [0.25, 0.3) is 0 Å². The van der Waals surface area contributed by atoms with Crippen molar-refractivity contribution in [3.8, 4) is 0 Å². The van der Waals surface area contributed by atoms with E-state index < -0.39 is 0 Å². The minimum Gasteiger partial charge on any atom is -0.438 e. The molecule has 88 valence electrons. The van der Waals surface area contributed by atoms with Gasteiger partial charge in [0.15, 0.2) is 17.9 Å². The molecule has 0 N–H and O–H groups in total. The summed E-state index contributed by atoms with van der Waals surface area (Å²) >= 11 is 0. The Morgan fingerprint density at radius 3 is 2.44 bits per heavy atom. The molecule has 2 atom stereocenters. The second kappa shape index (κ2) is 4.29. The highest BCUT2D eigenvalue weighted by molar-refractivity contribution is 5.71. The highest BCUT2D eigenvalue weighted by atomic mass is 16.4. The number of likely N-dealkylation sites (N-methyl/N-ethyl adjacent to an activating group) is 1. The van der Waals surface area contributed by atoms with Crippen LogP contribution in [0, 0.1) is 0 Å². The van der Waals surface area contributed by atoms with E-state index in [-0.39, 0.29) is 0 Å². The van der Waals surface area contributed by atoms with Gasteiger partial charge in [-0.05, 0) is 27.0 Å². The summed E-state index contributed by atoms with van der Waals surface area (Å²) < 4.78 is 5.44. The van der Waals surface area contributed by atoms with Crippen LogP contribution in [-0.2, 0) is 0 Å². The lowest BCUT2D eigenvalue weighted by atomic mass is 10.1. The predicted octanol–water partition coefficient (Wildman–Crippen LogP) is 1.62. The van der Waals surface area contributed by atoms with Gasteiger partial charge < -0.3 is 9.32 Å². The lowest BCUT2D eigenvalue weighted by Crippen LogP contribution is -2.55. The quantitative estimate of drug-likeness (QED) is 0.712. The summed E-state index contributed by atoms with van der Waals surface area (Å²) in [6, 6.07) is 4.58. The summed E-state index contributed by atoms with van der Waals surface area (Å²) in [6.45, 7) is 6.28. The number of anilines is 1. The Morgan fingerprint density at radius 2 is 1.94 bits per heavy atom. The molecule has 1 aromatic heterocycles. The molecule has 4 heteroatoms. The van der Waals surface area contributed by atoms with Gasteiger partial charge in [-0.3, -0.25) is 9.69 Å². The van der Waals surface area contributed by atoms with Crippen molar-refractivity contribution in [1.29, 1.82) is 0 Å². The number of hydrogen-bond acceptors (Lipinski definition) is 4. The molecule has 16 heavy (non-hydrogen) atoms. The molecule has 0 amide bonds. The third-order valence-electron chi connectivity index (χ3n) is 3.40. The van der Waals surface area contributed by atoms with E-state index in [0.29, 0.717) is 17.8 Å². The topological polar surface area (TPSA) is 36.7 Å². The lowest BCUT2D eigenvalue weighted by Gasteiger charge is -2.42. The second-order valence-corrected chi connectivity index (χ2v) is 4.56. The predicted molar refractivity (Wildman–Crippen MR) is 63.0 cm³/mol. The zero-order valence-corrected chi connectivity index (χ0v) is 10.0. The number of nitrogens with zero attached hydrogens (tertiary/aromatic N) is 2. The van der Waals surface area contributed by atoms with Crippen molar-refractivity contribution in [2.75, 3.05) is 25.0 Å². The molecular formula is C12H18N2O2. The SMILES string of the molecule is CC1CN(c2ccc(C=O)o2)CC(C)N1C. The molecule has 0 spiro atoms. The van der Waals surface area contributed by atoms with Crippen molar-refractivity contribution in [2.24, 2.45) is 0 Å². The maximum absolute atomic E-state index is 10.6. The van der Waals surface area contributed by atoms with Gasteiger partial charge in [-0.25, -0.2) is 0 Å². The fourth-order valence-electron chi connectivity index (χ4n) is 2.16. The number of rotatable bonds is 2. The van der Waals surface area contributed by atoms with Crippen LogP contribution >= 0.6 is 0 Å². The molecule has 2 unspecified atom stereocenters. The lowest BCUT2D eigenvalue weighted by molar-refractivity contribution is 0.110. The van der Waals surface area contributed by atoms with Crippen LogP contribution in [0.25, 0.3) is 0 Å². The zero-order valence-electron chi connectivity index (χ0n) is 10.0. The Labute approximate surface area is 95.8 Å². The van der Waals surface area contributed by atoms with Crippen LogP contribution < -0.4 is 4.90 Å². The minimum absolute atomic E-state index is 0.397. The Morgan fingerprint density at radius 1 is 1.31 bits per heavy atom. The molecule has 1 fully saturated rings. The Kier molecular flexibility index (Phi) is 3.01. The first-order chi connectivity index (χ1) is 7.61. The van der Waals surface area contributed by atoms with E-state index in [1.807, 2.05) is 6.07 Å². The van der Waals surface area contributed by atoms with Crippen LogP contribution in [0.3, 0.4) is 0 Å². The summed E-state index contributed by atoms with van der Waals surface area (Å²) in [6.07, 6.45) is 0.742. The third-order valence-corrected chi connectivity index (χ3v) is 3.40. The van der Waals surface area contributed by atoms with E-state index in [2.05, 4.69) is 30.7 Å². The molecule has 0 aromatic carbocycles. The minimum atomic E-state index is 0.397. The zero-order chi connectivity index (χ0) is 11.7. The molecule has 0 saturated carbocycles. The number of carbonyl (C=O) groups excluding carboxylic acids is 1. The van der Waals surface area contributed by atoms with Crippen molar-refractivity contribution in [1.82, 2.24) is 4.90 Å². The first kappa shape index (κ1) is 11.2. The summed E-state index contributed by atoms with van der Waals surface area (Å²) in [5.41, 5.74) is 0. The number of furan rings is 1. The van der Waals surface area contributed by atoms with E-state index in [1.165, 1.54) is 0 Å². The fourth-order valence-corrected chi connectivity index (χ4v) is 2.16. The molecule has 0 bridgehead atoms. The van der Waals surface area contributed by atoms with Gasteiger partial charge >= 0.3 is 0 Å². The maximum Gasteiger partial charge on any atom is 0.196 e. The first-order valence-corrected chi connectivity index (χ1v) is 5.63. The van der Waals surface area contributed by atoms with Crippen molar-refractivity contribution >= 4 is 12.2 Å². The van der Waals surface area contributed by atoms with E-state index >= 15 is 0 Å². The van der Waals surface area contributed by atoms with Crippen molar-refractivity contribution in [3.05, 3.63) is 17.9 Å². The van der Waals surface area contributed by atoms with Gasteiger partial charge in [0, 0.05) is 31.2 Å². The van der Waals surface area contributed by atoms with Crippen LogP contribution in [0.15, 0.2) is 16.5 Å². The monoisotopic (exact) mass is 222 g/mol. The average Bonchev–Trinajstić information content (AvgIpc) is 2.73. The van der Waals surface area contributed by atoms with Gasteiger partial charge in [0.2, 0.25) is 0 Å². The van der Waals surface area contributed by atoms with E-state index in [0.717, 1.165) is 25.3 Å². The van der Waals surface area contributed by atoms with E-state index in [1.54, 1.807) is 6.07 Å². The van der Waals surface area contributed by atoms with Gasteiger partial charge in [-0.15, -0.1) is 0 Å². The molecule has 1 aliphatic heterocycles. The van der Waals surface area contributed by atoms with Gasteiger partial charge in [0.05, 0.1) is 0 Å². The van der Waals surface area contributed by atoms with Gasteiger partial charge in [-0.2, -0.15) is 0 Å². The molecule has 0 aliphatic carbocycles. The molecular weight excluding hydrogens is 204 g/mol. The number of carbonyl (C=O) groups is 1. The molecule has 1 aromatic rings. The highest BCUT2D eigenvalue weighted by Crippen LogP contribution is 2.23. The third kappa shape index (κ3) is 1.97. The molecule has 4 nitrogen and oxygen atoms in total. The molecule has 0 radical (unpaired) electrons. The normalized spacial score (nSPS) is 27.1. The fraction of sp³-hybridized carbons (Fsp3) is 0.583.